The summed E-state index contributed by atoms with van der Waals surface area (Å²) in [5.41, 5.74) is 3.48. The molecule has 3 nitrogen and oxygen atoms in total. The number of aryl methyl sites for hydroxylation is 1. The maximum atomic E-state index is 5.75. The first kappa shape index (κ1) is 19.1. The average Bonchev–Trinajstić information content (AvgIpc) is 2.53. The van der Waals surface area contributed by atoms with Gasteiger partial charge >= 0.3 is 0 Å². The molecule has 0 heterocycles. The van der Waals surface area contributed by atoms with Crippen molar-refractivity contribution in [1.82, 2.24) is 0 Å². The van der Waals surface area contributed by atoms with Gasteiger partial charge in [0.25, 0.3) is 0 Å². The van der Waals surface area contributed by atoms with Gasteiger partial charge in [-0.25, -0.2) is 0 Å². The number of hydrogen-bond acceptors (Lipinski definition) is 3. The van der Waals surface area contributed by atoms with Crippen LogP contribution in [0.4, 0.5) is 5.69 Å². The lowest BCUT2D eigenvalue weighted by atomic mass is 10.1. The molecule has 2 aromatic carbocycles. The van der Waals surface area contributed by atoms with Crippen LogP contribution in [-0.2, 0) is 6.54 Å². The number of ether oxygens (including phenoxy) is 2. The molecule has 0 aliphatic heterocycles. The van der Waals surface area contributed by atoms with Gasteiger partial charge in [-0.2, -0.15) is 0 Å². The molecule has 0 bridgehead atoms. The van der Waals surface area contributed by atoms with Crippen LogP contribution in [-0.4, -0.2) is 13.2 Å². The first-order valence-corrected chi connectivity index (χ1v) is 9.61. The molecule has 0 amide bonds. The average molecular weight is 502 g/mol. The molecule has 5 heteroatoms. The van der Waals surface area contributed by atoms with E-state index in [9.17, 15) is 0 Å². The van der Waals surface area contributed by atoms with E-state index in [1.807, 2.05) is 19.1 Å². The van der Waals surface area contributed by atoms with E-state index in [2.05, 4.69) is 75.5 Å². The van der Waals surface area contributed by atoms with Gasteiger partial charge < -0.3 is 14.8 Å². The maximum absolute atomic E-state index is 5.75. The van der Waals surface area contributed by atoms with Crippen molar-refractivity contribution in [3.8, 4) is 11.5 Å². The Balaban J connectivity index is 2.19. The summed E-state index contributed by atoms with van der Waals surface area (Å²) in [6.07, 6.45) is 1.73. The zero-order chi connectivity index (χ0) is 17.5. The van der Waals surface area contributed by atoms with Crippen LogP contribution in [0, 0.1) is 10.5 Å². The highest BCUT2D eigenvalue weighted by molar-refractivity contribution is 14.1. The Morgan fingerprint density at radius 3 is 2.71 bits per heavy atom. The smallest absolute Gasteiger partial charge is 0.174 e. The lowest BCUT2D eigenvalue weighted by Gasteiger charge is -2.16. The fourth-order valence-electron chi connectivity index (χ4n) is 2.29. The van der Waals surface area contributed by atoms with Crippen LogP contribution in [0.25, 0.3) is 0 Å². The summed E-state index contributed by atoms with van der Waals surface area (Å²) in [6, 6.07) is 10.4. The van der Waals surface area contributed by atoms with E-state index >= 15 is 0 Å². The summed E-state index contributed by atoms with van der Waals surface area (Å²) in [7, 11) is 0. The Morgan fingerprint density at radius 2 is 2.04 bits per heavy atom. The summed E-state index contributed by atoms with van der Waals surface area (Å²) in [6.45, 7) is 9.55. The lowest BCUT2D eigenvalue weighted by Crippen LogP contribution is -2.05. The largest absolute Gasteiger partial charge is 0.490 e. The third-order valence-electron chi connectivity index (χ3n) is 3.39. The molecule has 0 aromatic heterocycles. The second-order valence-electron chi connectivity index (χ2n) is 5.25. The predicted octanol–water partition coefficient (Wildman–Crippen LogP) is 5.94. The minimum Gasteiger partial charge on any atom is -0.490 e. The molecule has 24 heavy (non-hydrogen) atoms. The van der Waals surface area contributed by atoms with Crippen molar-refractivity contribution in [3.63, 3.8) is 0 Å². The second-order valence-corrected chi connectivity index (χ2v) is 7.33. The van der Waals surface area contributed by atoms with Crippen molar-refractivity contribution in [2.75, 3.05) is 18.5 Å². The molecule has 0 aliphatic carbocycles. The van der Waals surface area contributed by atoms with Gasteiger partial charge in [0.05, 0.1) is 10.2 Å². The highest BCUT2D eigenvalue weighted by Crippen LogP contribution is 2.34. The van der Waals surface area contributed by atoms with Crippen molar-refractivity contribution in [1.29, 1.82) is 0 Å². The number of hydrogen-bond donors (Lipinski definition) is 1. The Bertz CT molecular complexity index is 719. The van der Waals surface area contributed by atoms with Crippen molar-refractivity contribution in [3.05, 3.63) is 62.2 Å². The van der Waals surface area contributed by atoms with Gasteiger partial charge in [0.15, 0.2) is 11.5 Å². The van der Waals surface area contributed by atoms with Crippen LogP contribution in [0.15, 0.2) is 47.5 Å². The van der Waals surface area contributed by atoms with E-state index in [1.165, 1.54) is 5.56 Å². The molecule has 0 atom stereocenters. The molecule has 0 saturated heterocycles. The molecular formula is C19H21BrINO2. The van der Waals surface area contributed by atoms with Crippen molar-refractivity contribution in [2.24, 2.45) is 0 Å². The third kappa shape index (κ3) is 5.14. The highest BCUT2D eigenvalue weighted by Gasteiger charge is 2.12. The molecule has 0 unspecified atom stereocenters. The first-order chi connectivity index (χ1) is 11.5. The monoisotopic (exact) mass is 501 g/mol. The Hall–Kier alpha value is -1.21. The number of benzene rings is 2. The molecule has 2 rings (SSSR count). The molecule has 2 aromatic rings. The first-order valence-electron chi connectivity index (χ1n) is 7.74. The van der Waals surface area contributed by atoms with Crippen LogP contribution in [0.1, 0.15) is 18.1 Å². The second kappa shape index (κ2) is 9.32. The summed E-state index contributed by atoms with van der Waals surface area (Å²) >= 11 is 5.77. The Kier molecular flexibility index (Phi) is 7.42. The van der Waals surface area contributed by atoms with Crippen molar-refractivity contribution < 1.29 is 9.47 Å². The topological polar surface area (TPSA) is 30.5 Å². The molecule has 0 spiro atoms. The number of halogens is 2. The number of nitrogens with one attached hydrogen (secondary N) is 1. The van der Waals surface area contributed by atoms with Gasteiger partial charge in [0, 0.05) is 16.7 Å². The fourth-order valence-corrected chi connectivity index (χ4v) is 3.59. The van der Waals surface area contributed by atoms with Crippen LogP contribution >= 0.6 is 38.5 Å². The number of rotatable bonds is 8. The van der Waals surface area contributed by atoms with Crippen LogP contribution in [0.3, 0.4) is 0 Å². The van der Waals surface area contributed by atoms with E-state index < -0.39 is 0 Å². The van der Waals surface area contributed by atoms with Gasteiger partial charge in [0.1, 0.15) is 6.61 Å². The van der Waals surface area contributed by atoms with E-state index in [0.717, 1.165) is 37.3 Å². The lowest BCUT2D eigenvalue weighted by molar-refractivity contribution is 0.295. The van der Waals surface area contributed by atoms with Gasteiger partial charge in [-0.1, -0.05) is 28.6 Å². The van der Waals surface area contributed by atoms with E-state index in [4.69, 9.17) is 9.47 Å². The molecule has 1 N–H and O–H groups in total. The quantitative estimate of drug-likeness (QED) is 0.358. The molecule has 0 radical (unpaired) electrons. The van der Waals surface area contributed by atoms with Gasteiger partial charge in [-0.05, 0) is 77.9 Å². The summed E-state index contributed by atoms with van der Waals surface area (Å²) in [5.74, 6) is 1.55. The van der Waals surface area contributed by atoms with E-state index in [-0.39, 0.29) is 0 Å². The van der Waals surface area contributed by atoms with Crippen LogP contribution in [0.5, 0.6) is 11.5 Å². The maximum Gasteiger partial charge on any atom is 0.174 e. The normalized spacial score (nSPS) is 10.3. The summed E-state index contributed by atoms with van der Waals surface area (Å²) < 4.78 is 13.6. The van der Waals surface area contributed by atoms with E-state index in [0.29, 0.717) is 13.2 Å². The molecule has 0 aliphatic rings. The summed E-state index contributed by atoms with van der Waals surface area (Å²) in [4.78, 5) is 0. The molecule has 128 valence electrons. The third-order valence-corrected chi connectivity index (χ3v) is 4.68. The van der Waals surface area contributed by atoms with Gasteiger partial charge in [-0.3, -0.25) is 0 Å². The Labute approximate surface area is 165 Å². The molecular weight excluding hydrogens is 481 g/mol. The fraction of sp³-hybridized carbons (Fsp3) is 0.263. The van der Waals surface area contributed by atoms with E-state index in [1.54, 1.807) is 6.08 Å². The number of anilines is 1. The van der Waals surface area contributed by atoms with Crippen LogP contribution in [0.2, 0.25) is 0 Å². The zero-order valence-electron chi connectivity index (χ0n) is 13.9. The van der Waals surface area contributed by atoms with Crippen molar-refractivity contribution >= 4 is 44.2 Å². The standard InChI is InChI=1S/C19H21BrINO2/c1-4-8-24-19-16(21)10-14(11-18(19)23-5-2)12-22-17-7-6-15(20)9-13(17)3/h4,6-7,9-11,22H,1,5,8,12H2,2-3H3. The van der Waals surface area contributed by atoms with Crippen molar-refractivity contribution in [2.45, 2.75) is 20.4 Å². The van der Waals surface area contributed by atoms with Crippen LogP contribution < -0.4 is 14.8 Å². The SMILES string of the molecule is C=CCOc1c(I)cc(CNc2ccc(Br)cc2C)cc1OCC. The summed E-state index contributed by atoms with van der Waals surface area (Å²) in [5, 5.41) is 3.48. The zero-order valence-corrected chi connectivity index (χ0v) is 17.6. The van der Waals surface area contributed by atoms with Gasteiger partial charge in [-0.15, -0.1) is 0 Å². The molecule has 0 fully saturated rings. The van der Waals surface area contributed by atoms with Gasteiger partial charge in [0.2, 0.25) is 0 Å². The highest BCUT2D eigenvalue weighted by atomic mass is 127. The minimum absolute atomic E-state index is 0.464. The molecule has 0 saturated carbocycles. The predicted molar refractivity (Wildman–Crippen MR) is 112 cm³/mol. The Morgan fingerprint density at radius 1 is 1.25 bits per heavy atom. The minimum atomic E-state index is 0.464.